The zero-order valence-corrected chi connectivity index (χ0v) is 6.70. The molecule has 0 bridgehead atoms. The third-order valence-electron chi connectivity index (χ3n) is 2.09. The third kappa shape index (κ3) is 3.18. The Kier molecular flexibility index (Phi) is 3.83. The van der Waals surface area contributed by atoms with Gasteiger partial charge in [-0.25, -0.2) is 0 Å². The number of ether oxygens (including phenoxy) is 1. The van der Waals surface area contributed by atoms with E-state index in [-0.39, 0.29) is 18.8 Å². The average molecular weight is 160 g/mol. The summed E-state index contributed by atoms with van der Waals surface area (Å²) in [6, 6.07) is 0. The van der Waals surface area contributed by atoms with Crippen LogP contribution in [0.2, 0.25) is 0 Å². The Morgan fingerprint density at radius 1 is 1.18 bits per heavy atom. The van der Waals surface area contributed by atoms with Gasteiger partial charge in [-0.1, -0.05) is 0 Å². The van der Waals surface area contributed by atoms with Crippen molar-refractivity contribution in [2.24, 2.45) is 0 Å². The molecule has 0 aromatic heterocycles. The highest BCUT2D eigenvalue weighted by atomic mass is 16.5. The highest BCUT2D eigenvalue weighted by molar-refractivity contribution is 4.71. The van der Waals surface area contributed by atoms with Crippen LogP contribution in [-0.4, -0.2) is 35.6 Å². The van der Waals surface area contributed by atoms with Gasteiger partial charge >= 0.3 is 0 Å². The molecule has 0 heterocycles. The van der Waals surface area contributed by atoms with Crippen LogP contribution in [0.4, 0.5) is 0 Å². The first-order valence-corrected chi connectivity index (χ1v) is 4.23. The molecule has 0 saturated heterocycles. The Balaban J connectivity index is 2.07. The monoisotopic (exact) mass is 160 g/mol. The molecule has 11 heavy (non-hydrogen) atoms. The van der Waals surface area contributed by atoms with Gasteiger partial charge in [-0.05, 0) is 25.7 Å². The van der Waals surface area contributed by atoms with Gasteiger partial charge in [-0.3, -0.25) is 0 Å². The van der Waals surface area contributed by atoms with Gasteiger partial charge in [0.25, 0.3) is 0 Å². The molecular formula is C8H16O3. The first-order valence-electron chi connectivity index (χ1n) is 4.23. The van der Waals surface area contributed by atoms with Crippen LogP contribution < -0.4 is 0 Å². The number of hydrogen-bond donors (Lipinski definition) is 2. The summed E-state index contributed by atoms with van der Waals surface area (Å²) in [4.78, 5) is 0. The lowest BCUT2D eigenvalue weighted by Crippen LogP contribution is -2.25. The van der Waals surface area contributed by atoms with Crippen LogP contribution in [0, 0.1) is 0 Å². The zero-order valence-electron chi connectivity index (χ0n) is 6.70. The van der Waals surface area contributed by atoms with Crippen molar-refractivity contribution in [3.8, 4) is 0 Å². The lowest BCUT2D eigenvalue weighted by molar-refractivity contribution is -0.0158. The highest BCUT2D eigenvalue weighted by Crippen LogP contribution is 2.20. The minimum absolute atomic E-state index is 0.0963. The van der Waals surface area contributed by atoms with Gasteiger partial charge in [-0.2, -0.15) is 0 Å². The number of aliphatic hydroxyl groups is 2. The molecule has 2 N–H and O–H groups in total. The van der Waals surface area contributed by atoms with Crippen molar-refractivity contribution >= 4 is 0 Å². The van der Waals surface area contributed by atoms with Crippen molar-refractivity contribution in [2.75, 3.05) is 13.2 Å². The van der Waals surface area contributed by atoms with Crippen molar-refractivity contribution in [1.82, 2.24) is 0 Å². The lowest BCUT2D eigenvalue weighted by Gasteiger charge is -2.25. The fourth-order valence-electron chi connectivity index (χ4n) is 1.43. The molecule has 0 atom stereocenters. The van der Waals surface area contributed by atoms with E-state index in [2.05, 4.69) is 0 Å². The predicted octanol–water partition coefficient (Wildman–Crippen LogP) is 0.299. The van der Waals surface area contributed by atoms with Crippen molar-refractivity contribution < 1.29 is 14.9 Å². The van der Waals surface area contributed by atoms with E-state index >= 15 is 0 Å². The van der Waals surface area contributed by atoms with Crippen molar-refractivity contribution in [3.63, 3.8) is 0 Å². The maximum absolute atomic E-state index is 9.15. The SMILES string of the molecule is OCCOC1CCC(O)CC1. The topological polar surface area (TPSA) is 49.7 Å². The molecule has 0 radical (unpaired) electrons. The largest absolute Gasteiger partial charge is 0.394 e. The summed E-state index contributed by atoms with van der Waals surface area (Å²) in [7, 11) is 0. The second kappa shape index (κ2) is 4.70. The summed E-state index contributed by atoms with van der Waals surface area (Å²) < 4.78 is 5.32. The smallest absolute Gasteiger partial charge is 0.0701 e. The van der Waals surface area contributed by atoms with E-state index in [0.717, 1.165) is 25.7 Å². The van der Waals surface area contributed by atoms with E-state index in [0.29, 0.717) is 6.61 Å². The van der Waals surface area contributed by atoms with E-state index in [4.69, 9.17) is 14.9 Å². The zero-order chi connectivity index (χ0) is 8.10. The molecular weight excluding hydrogens is 144 g/mol. The van der Waals surface area contributed by atoms with Gasteiger partial charge in [0.2, 0.25) is 0 Å². The van der Waals surface area contributed by atoms with Crippen molar-refractivity contribution in [1.29, 1.82) is 0 Å². The molecule has 1 rings (SSSR count). The van der Waals surface area contributed by atoms with Gasteiger partial charge in [0, 0.05) is 0 Å². The van der Waals surface area contributed by atoms with E-state index in [9.17, 15) is 0 Å². The summed E-state index contributed by atoms with van der Waals surface area (Å²) in [5.41, 5.74) is 0. The fraction of sp³-hybridized carbons (Fsp3) is 1.00. The lowest BCUT2D eigenvalue weighted by atomic mass is 9.95. The van der Waals surface area contributed by atoms with Crippen LogP contribution in [0.1, 0.15) is 25.7 Å². The van der Waals surface area contributed by atoms with Gasteiger partial charge in [0.1, 0.15) is 0 Å². The van der Waals surface area contributed by atoms with E-state index in [1.54, 1.807) is 0 Å². The van der Waals surface area contributed by atoms with Crippen molar-refractivity contribution in [2.45, 2.75) is 37.9 Å². The minimum atomic E-state index is -0.121. The van der Waals surface area contributed by atoms with Gasteiger partial charge in [-0.15, -0.1) is 0 Å². The van der Waals surface area contributed by atoms with Crippen molar-refractivity contribution in [3.05, 3.63) is 0 Å². The Morgan fingerprint density at radius 3 is 2.36 bits per heavy atom. The summed E-state index contributed by atoms with van der Waals surface area (Å²) in [5, 5.41) is 17.6. The highest BCUT2D eigenvalue weighted by Gasteiger charge is 2.19. The summed E-state index contributed by atoms with van der Waals surface area (Å²) >= 11 is 0. The second-order valence-electron chi connectivity index (χ2n) is 3.02. The Morgan fingerprint density at radius 2 is 1.82 bits per heavy atom. The van der Waals surface area contributed by atoms with Gasteiger partial charge < -0.3 is 14.9 Å². The average Bonchev–Trinajstić information content (AvgIpc) is 2.04. The Labute approximate surface area is 67.0 Å². The van der Waals surface area contributed by atoms with Crippen LogP contribution in [0.15, 0.2) is 0 Å². The summed E-state index contributed by atoms with van der Waals surface area (Å²) in [6.07, 6.45) is 3.70. The molecule has 0 aliphatic heterocycles. The maximum Gasteiger partial charge on any atom is 0.0701 e. The normalized spacial score (nSPS) is 32.2. The second-order valence-corrected chi connectivity index (χ2v) is 3.02. The summed E-state index contributed by atoms with van der Waals surface area (Å²) in [6.45, 7) is 0.528. The van der Waals surface area contributed by atoms with Crippen LogP contribution in [0.3, 0.4) is 0 Å². The summed E-state index contributed by atoms with van der Waals surface area (Å²) in [5.74, 6) is 0. The molecule has 66 valence electrons. The first kappa shape index (κ1) is 8.97. The molecule has 0 spiro atoms. The molecule has 3 heteroatoms. The molecule has 0 aromatic carbocycles. The van der Waals surface area contributed by atoms with E-state index in [1.807, 2.05) is 0 Å². The van der Waals surface area contributed by atoms with E-state index in [1.165, 1.54) is 0 Å². The number of hydrogen-bond acceptors (Lipinski definition) is 3. The third-order valence-corrected chi connectivity index (χ3v) is 2.09. The van der Waals surface area contributed by atoms with Crippen LogP contribution in [-0.2, 0) is 4.74 Å². The molecule has 1 aliphatic carbocycles. The van der Waals surface area contributed by atoms with E-state index < -0.39 is 0 Å². The Bertz CT molecular complexity index is 94.8. The van der Waals surface area contributed by atoms with Crippen LogP contribution >= 0.6 is 0 Å². The molecule has 1 fully saturated rings. The molecule has 0 unspecified atom stereocenters. The van der Waals surface area contributed by atoms with Crippen LogP contribution in [0.25, 0.3) is 0 Å². The van der Waals surface area contributed by atoms with Gasteiger partial charge in [0.15, 0.2) is 0 Å². The maximum atomic E-state index is 9.15. The predicted molar refractivity (Wildman–Crippen MR) is 41.3 cm³/mol. The van der Waals surface area contributed by atoms with Crippen LogP contribution in [0.5, 0.6) is 0 Å². The molecule has 0 amide bonds. The Hall–Kier alpha value is -0.120. The molecule has 1 aliphatic rings. The molecule has 1 saturated carbocycles. The fourth-order valence-corrected chi connectivity index (χ4v) is 1.43. The quantitative estimate of drug-likeness (QED) is 0.624. The first-order chi connectivity index (χ1) is 5.33. The minimum Gasteiger partial charge on any atom is -0.394 e. The number of aliphatic hydroxyl groups excluding tert-OH is 2. The molecule has 3 nitrogen and oxygen atoms in total. The standard InChI is InChI=1S/C8H16O3/c9-5-6-11-8-3-1-7(10)2-4-8/h7-10H,1-6H2. The number of rotatable bonds is 3. The van der Waals surface area contributed by atoms with Gasteiger partial charge in [0.05, 0.1) is 25.4 Å². The molecule has 0 aromatic rings.